The van der Waals surface area contributed by atoms with Crippen molar-refractivity contribution in [2.24, 2.45) is 0 Å². The van der Waals surface area contributed by atoms with Gasteiger partial charge in [0, 0.05) is 19.8 Å². The van der Waals surface area contributed by atoms with Crippen LogP contribution < -0.4 is 5.32 Å². The Morgan fingerprint density at radius 1 is 1.21 bits per heavy atom. The Balaban J connectivity index is 2.02. The van der Waals surface area contributed by atoms with Crippen molar-refractivity contribution in [3.8, 4) is 0 Å². The first kappa shape index (κ1) is 11.7. The summed E-state index contributed by atoms with van der Waals surface area (Å²) in [7, 11) is 1.88. The normalized spacial score (nSPS) is 10.8. The highest BCUT2D eigenvalue weighted by Crippen LogP contribution is 2.18. The summed E-state index contributed by atoms with van der Waals surface area (Å²) in [6, 6.07) is 12.3. The van der Waals surface area contributed by atoms with E-state index in [-0.39, 0.29) is 0 Å². The summed E-state index contributed by atoms with van der Waals surface area (Å²) in [5, 5.41) is 3.06. The molecular formula is C15H16N4. The van der Waals surface area contributed by atoms with Gasteiger partial charge in [0.1, 0.15) is 11.6 Å². The second kappa shape index (κ2) is 4.72. The van der Waals surface area contributed by atoms with E-state index in [9.17, 15) is 0 Å². The quantitative estimate of drug-likeness (QED) is 0.779. The number of hydrogen-bond acceptors (Lipinski definition) is 3. The monoisotopic (exact) mass is 252 g/mol. The lowest BCUT2D eigenvalue weighted by molar-refractivity contribution is 0.785. The molecule has 2 heterocycles. The van der Waals surface area contributed by atoms with E-state index in [1.165, 1.54) is 11.1 Å². The summed E-state index contributed by atoms with van der Waals surface area (Å²) < 4.78 is 2.23. The highest BCUT2D eigenvalue weighted by Gasteiger charge is 2.07. The molecule has 1 N–H and O–H groups in total. The number of aromatic nitrogens is 3. The maximum absolute atomic E-state index is 4.58. The van der Waals surface area contributed by atoms with E-state index in [4.69, 9.17) is 0 Å². The van der Waals surface area contributed by atoms with Crippen LogP contribution >= 0.6 is 0 Å². The Hall–Kier alpha value is -2.36. The summed E-state index contributed by atoms with van der Waals surface area (Å²) in [4.78, 5) is 8.82. The molecule has 0 fully saturated rings. The summed E-state index contributed by atoms with van der Waals surface area (Å²) in [5.41, 5.74) is 3.43. The lowest BCUT2D eigenvalue weighted by Gasteiger charge is -2.08. The van der Waals surface area contributed by atoms with E-state index in [0.717, 1.165) is 23.7 Å². The largest absolute Gasteiger partial charge is 0.373 e. The second-order valence-corrected chi connectivity index (χ2v) is 4.53. The predicted octanol–water partition coefficient (Wildman–Crippen LogP) is 2.83. The van der Waals surface area contributed by atoms with Crippen molar-refractivity contribution in [2.45, 2.75) is 13.5 Å². The molecule has 19 heavy (non-hydrogen) atoms. The first-order chi connectivity index (χ1) is 9.28. The van der Waals surface area contributed by atoms with Crippen LogP contribution in [0.3, 0.4) is 0 Å². The van der Waals surface area contributed by atoms with E-state index in [2.05, 4.69) is 32.0 Å². The fraction of sp³-hybridized carbons (Fsp3) is 0.200. The minimum absolute atomic E-state index is 0.809. The molecule has 0 saturated carbocycles. The first-order valence-corrected chi connectivity index (χ1v) is 6.32. The van der Waals surface area contributed by atoms with Crippen LogP contribution in [0, 0.1) is 6.92 Å². The van der Waals surface area contributed by atoms with Crippen LogP contribution in [0.25, 0.3) is 11.0 Å². The molecule has 96 valence electrons. The Morgan fingerprint density at radius 2 is 2.05 bits per heavy atom. The van der Waals surface area contributed by atoms with Crippen molar-refractivity contribution < 1.29 is 0 Å². The van der Waals surface area contributed by atoms with Crippen molar-refractivity contribution in [3.05, 3.63) is 54.0 Å². The van der Waals surface area contributed by atoms with Gasteiger partial charge in [0.05, 0.1) is 11.0 Å². The maximum atomic E-state index is 4.58. The van der Waals surface area contributed by atoms with Crippen LogP contribution in [0.1, 0.15) is 11.4 Å². The maximum Gasteiger partial charge on any atom is 0.125 e. The summed E-state index contributed by atoms with van der Waals surface area (Å²) in [5.74, 6) is 1.92. The molecule has 0 atom stereocenters. The van der Waals surface area contributed by atoms with Gasteiger partial charge in [-0.05, 0) is 36.8 Å². The zero-order chi connectivity index (χ0) is 13.2. The van der Waals surface area contributed by atoms with Gasteiger partial charge in [-0.2, -0.15) is 0 Å². The molecule has 0 saturated heterocycles. The average Bonchev–Trinajstić information content (AvgIpc) is 2.76. The molecule has 0 aliphatic rings. The minimum atomic E-state index is 0.809. The molecule has 4 heteroatoms. The van der Waals surface area contributed by atoms with Crippen molar-refractivity contribution in [1.82, 2.24) is 14.5 Å². The third-order valence-electron chi connectivity index (χ3n) is 3.27. The predicted molar refractivity (Wildman–Crippen MR) is 77.4 cm³/mol. The van der Waals surface area contributed by atoms with Gasteiger partial charge in [0.2, 0.25) is 0 Å². The zero-order valence-electron chi connectivity index (χ0n) is 11.1. The van der Waals surface area contributed by atoms with E-state index in [1.807, 2.05) is 44.4 Å². The van der Waals surface area contributed by atoms with Gasteiger partial charge in [-0.25, -0.2) is 9.97 Å². The van der Waals surface area contributed by atoms with Crippen LogP contribution in [0.5, 0.6) is 0 Å². The van der Waals surface area contributed by atoms with Crippen LogP contribution in [-0.2, 0) is 6.54 Å². The van der Waals surface area contributed by atoms with Crippen LogP contribution in [0.2, 0.25) is 0 Å². The van der Waals surface area contributed by atoms with Crippen LogP contribution in [0.4, 0.5) is 5.82 Å². The molecule has 1 aromatic carbocycles. The number of fused-ring (bicyclic) bond motifs is 1. The molecule has 2 aromatic heterocycles. The molecule has 0 spiro atoms. The summed E-state index contributed by atoms with van der Waals surface area (Å²) in [6.45, 7) is 2.85. The number of benzene rings is 1. The van der Waals surface area contributed by atoms with Crippen LogP contribution in [0.15, 0.2) is 42.6 Å². The third kappa shape index (κ3) is 2.17. The zero-order valence-corrected chi connectivity index (χ0v) is 11.1. The Morgan fingerprint density at radius 3 is 2.89 bits per heavy atom. The number of anilines is 1. The standard InChI is InChI=1S/C15H16N4/c1-11-18-13-5-3-4-6-14(13)19(11)10-12-7-8-17-15(9-12)16-2/h3-9H,10H2,1-2H3,(H,16,17). The van der Waals surface area contributed by atoms with Gasteiger partial charge < -0.3 is 9.88 Å². The van der Waals surface area contributed by atoms with Crippen molar-refractivity contribution in [1.29, 1.82) is 0 Å². The van der Waals surface area contributed by atoms with Gasteiger partial charge in [-0.1, -0.05) is 12.1 Å². The summed E-state index contributed by atoms with van der Waals surface area (Å²) >= 11 is 0. The molecule has 3 rings (SSSR count). The number of para-hydroxylation sites is 2. The number of imidazole rings is 1. The Bertz CT molecular complexity index is 715. The number of pyridine rings is 1. The van der Waals surface area contributed by atoms with Crippen molar-refractivity contribution in [2.75, 3.05) is 12.4 Å². The number of nitrogens with one attached hydrogen (secondary N) is 1. The molecule has 0 aliphatic carbocycles. The Labute approximate surface area is 112 Å². The minimum Gasteiger partial charge on any atom is -0.373 e. The SMILES string of the molecule is CNc1cc(Cn2c(C)nc3ccccc32)ccn1. The molecule has 0 bridgehead atoms. The Kier molecular flexibility index (Phi) is 2.91. The third-order valence-corrected chi connectivity index (χ3v) is 3.27. The van der Waals surface area contributed by atoms with Gasteiger partial charge >= 0.3 is 0 Å². The number of aryl methyl sites for hydroxylation is 1. The molecular weight excluding hydrogens is 236 g/mol. The van der Waals surface area contributed by atoms with Crippen molar-refractivity contribution in [3.63, 3.8) is 0 Å². The van der Waals surface area contributed by atoms with E-state index < -0.39 is 0 Å². The number of rotatable bonds is 3. The average molecular weight is 252 g/mol. The highest BCUT2D eigenvalue weighted by molar-refractivity contribution is 5.75. The molecule has 0 aliphatic heterocycles. The van der Waals surface area contributed by atoms with E-state index in [0.29, 0.717) is 0 Å². The molecule has 4 nitrogen and oxygen atoms in total. The number of nitrogens with zero attached hydrogens (tertiary/aromatic N) is 3. The van der Waals surface area contributed by atoms with Crippen LogP contribution in [-0.4, -0.2) is 21.6 Å². The lowest BCUT2D eigenvalue weighted by Crippen LogP contribution is -2.03. The highest BCUT2D eigenvalue weighted by atomic mass is 15.1. The lowest BCUT2D eigenvalue weighted by atomic mass is 10.2. The van der Waals surface area contributed by atoms with Gasteiger partial charge in [0.25, 0.3) is 0 Å². The van der Waals surface area contributed by atoms with Gasteiger partial charge in [-0.3, -0.25) is 0 Å². The molecule has 0 unspecified atom stereocenters. The first-order valence-electron chi connectivity index (χ1n) is 6.32. The second-order valence-electron chi connectivity index (χ2n) is 4.53. The van der Waals surface area contributed by atoms with Crippen molar-refractivity contribution >= 4 is 16.9 Å². The molecule has 0 amide bonds. The smallest absolute Gasteiger partial charge is 0.125 e. The van der Waals surface area contributed by atoms with E-state index >= 15 is 0 Å². The molecule has 0 radical (unpaired) electrons. The molecule has 3 aromatic rings. The van der Waals surface area contributed by atoms with Gasteiger partial charge in [-0.15, -0.1) is 0 Å². The fourth-order valence-electron chi connectivity index (χ4n) is 2.29. The van der Waals surface area contributed by atoms with E-state index in [1.54, 1.807) is 0 Å². The summed E-state index contributed by atoms with van der Waals surface area (Å²) in [6.07, 6.45) is 1.83. The topological polar surface area (TPSA) is 42.7 Å². The fourth-order valence-corrected chi connectivity index (χ4v) is 2.29. The number of hydrogen-bond donors (Lipinski definition) is 1. The van der Waals surface area contributed by atoms with Gasteiger partial charge in [0.15, 0.2) is 0 Å².